The monoisotopic (exact) mass is 237 g/mol. The normalized spacial score (nSPS) is 11.4. The van der Waals surface area contributed by atoms with Gasteiger partial charge in [-0.15, -0.1) is 6.42 Å². The molecule has 0 saturated heterocycles. The lowest BCUT2D eigenvalue weighted by molar-refractivity contribution is 0.464. The highest BCUT2D eigenvalue weighted by atomic mass is 32.2. The Morgan fingerprint density at radius 2 is 2.12 bits per heavy atom. The van der Waals surface area contributed by atoms with Crippen molar-refractivity contribution in [1.29, 1.82) is 0 Å². The number of hydrogen-bond donors (Lipinski definition) is 0. The molecule has 0 aliphatic rings. The first-order valence-corrected chi connectivity index (χ1v) is 6.46. The van der Waals surface area contributed by atoms with Crippen LogP contribution in [0.15, 0.2) is 29.2 Å². The second-order valence-corrected chi connectivity index (χ2v) is 5.39. The van der Waals surface area contributed by atoms with Crippen molar-refractivity contribution in [2.75, 3.05) is 13.1 Å². The van der Waals surface area contributed by atoms with Crippen molar-refractivity contribution < 1.29 is 8.42 Å². The van der Waals surface area contributed by atoms with Gasteiger partial charge in [0, 0.05) is 6.54 Å². The van der Waals surface area contributed by atoms with E-state index in [1.54, 1.807) is 25.1 Å². The fraction of sp³-hybridized carbons (Fsp3) is 0.333. The number of benzene rings is 1. The molecule has 0 radical (unpaired) electrons. The minimum Gasteiger partial charge on any atom is -0.207 e. The molecule has 16 heavy (non-hydrogen) atoms. The van der Waals surface area contributed by atoms with Gasteiger partial charge in [-0.1, -0.05) is 25.0 Å². The van der Waals surface area contributed by atoms with Crippen molar-refractivity contribution in [2.45, 2.75) is 18.7 Å². The summed E-state index contributed by atoms with van der Waals surface area (Å²) in [6, 6.07) is 6.82. The van der Waals surface area contributed by atoms with Gasteiger partial charge in [0.2, 0.25) is 10.0 Å². The molecule has 4 heteroatoms. The molecule has 0 N–H and O–H groups in total. The first kappa shape index (κ1) is 12.8. The Balaban J connectivity index is 3.16. The molecule has 1 rings (SSSR count). The number of aryl methyl sites for hydroxylation is 1. The second kappa shape index (κ2) is 5.15. The fourth-order valence-corrected chi connectivity index (χ4v) is 2.86. The first-order valence-electron chi connectivity index (χ1n) is 5.02. The zero-order chi connectivity index (χ0) is 12.2. The summed E-state index contributed by atoms with van der Waals surface area (Å²) in [4.78, 5) is 0.296. The zero-order valence-corrected chi connectivity index (χ0v) is 10.3. The molecule has 0 aliphatic carbocycles. The SMILES string of the molecule is C#CCN(CC)S(=O)(=O)c1cccc(C)c1. The molecule has 0 bridgehead atoms. The van der Waals surface area contributed by atoms with Gasteiger partial charge in [0.15, 0.2) is 0 Å². The standard InChI is InChI=1S/C12H15NO2S/c1-4-9-13(5-2)16(14,15)12-8-6-7-11(3)10-12/h1,6-8,10H,5,9H2,2-3H3. The summed E-state index contributed by atoms with van der Waals surface area (Å²) in [7, 11) is -3.44. The van der Waals surface area contributed by atoms with Crippen LogP contribution in [0, 0.1) is 19.3 Å². The molecule has 0 aliphatic heterocycles. The summed E-state index contributed by atoms with van der Waals surface area (Å²) in [5.41, 5.74) is 0.915. The predicted molar refractivity (Wildman–Crippen MR) is 64.4 cm³/mol. The molecule has 3 nitrogen and oxygen atoms in total. The van der Waals surface area contributed by atoms with Gasteiger partial charge in [-0.05, 0) is 24.6 Å². The number of sulfonamides is 1. The molecule has 0 aromatic heterocycles. The highest BCUT2D eigenvalue weighted by molar-refractivity contribution is 7.89. The van der Waals surface area contributed by atoms with Crippen molar-refractivity contribution in [3.63, 3.8) is 0 Å². The molecule has 0 heterocycles. The average molecular weight is 237 g/mol. The molecule has 0 atom stereocenters. The molecule has 86 valence electrons. The maximum Gasteiger partial charge on any atom is 0.243 e. The largest absolute Gasteiger partial charge is 0.243 e. The number of terminal acetylenes is 1. The summed E-state index contributed by atoms with van der Waals surface area (Å²) >= 11 is 0. The molecule has 0 saturated carbocycles. The first-order chi connectivity index (χ1) is 7.52. The number of nitrogens with zero attached hydrogens (tertiary/aromatic N) is 1. The molecular formula is C12H15NO2S. The Morgan fingerprint density at radius 1 is 1.44 bits per heavy atom. The van der Waals surface area contributed by atoms with Crippen LogP contribution in [-0.4, -0.2) is 25.8 Å². The van der Waals surface area contributed by atoms with Crippen molar-refractivity contribution >= 4 is 10.0 Å². The molecule has 0 spiro atoms. The zero-order valence-electron chi connectivity index (χ0n) is 9.47. The van der Waals surface area contributed by atoms with E-state index in [0.717, 1.165) is 5.56 Å². The quantitative estimate of drug-likeness (QED) is 0.747. The lowest BCUT2D eigenvalue weighted by atomic mass is 10.2. The average Bonchev–Trinajstić information content (AvgIpc) is 2.25. The highest BCUT2D eigenvalue weighted by Gasteiger charge is 2.21. The van der Waals surface area contributed by atoms with Crippen molar-refractivity contribution in [1.82, 2.24) is 4.31 Å². The third kappa shape index (κ3) is 2.63. The lowest BCUT2D eigenvalue weighted by Gasteiger charge is -2.17. The second-order valence-electron chi connectivity index (χ2n) is 3.45. The van der Waals surface area contributed by atoms with Gasteiger partial charge in [-0.3, -0.25) is 0 Å². The molecule has 0 amide bonds. The van der Waals surface area contributed by atoms with Gasteiger partial charge >= 0.3 is 0 Å². The van der Waals surface area contributed by atoms with Crippen LogP contribution < -0.4 is 0 Å². The van der Waals surface area contributed by atoms with Crippen LogP contribution in [-0.2, 0) is 10.0 Å². The number of hydrogen-bond acceptors (Lipinski definition) is 2. The summed E-state index contributed by atoms with van der Waals surface area (Å²) in [5, 5.41) is 0. The fourth-order valence-electron chi connectivity index (χ4n) is 1.39. The van der Waals surface area contributed by atoms with E-state index in [1.165, 1.54) is 4.31 Å². The Morgan fingerprint density at radius 3 is 2.62 bits per heavy atom. The van der Waals surface area contributed by atoms with Gasteiger partial charge in [-0.2, -0.15) is 4.31 Å². The molecular weight excluding hydrogens is 222 g/mol. The topological polar surface area (TPSA) is 37.4 Å². The number of rotatable bonds is 4. The maximum absolute atomic E-state index is 12.1. The Hall–Kier alpha value is -1.31. The van der Waals surface area contributed by atoms with E-state index in [4.69, 9.17) is 6.42 Å². The van der Waals surface area contributed by atoms with Crippen molar-refractivity contribution in [3.8, 4) is 12.3 Å². The Labute approximate surface area is 97.1 Å². The van der Waals surface area contributed by atoms with Gasteiger partial charge in [0.05, 0.1) is 11.4 Å². The van der Waals surface area contributed by atoms with Gasteiger partial charge < -0.3 is 0 Å². The third-order valence-electron chi connectivity index (χ3n) is 2.25. The third-order valence-corrected chi connectivity index (χ3v) is 4.16. The lowest BCUT2D eigenvalue weighted by Crippen LogP contribution is -2.31. The minimum absolute atomic E-state index is 0.104. The van der Waals surface area contributed by atoms with E-state index in [0.29, 0.717) is 11.4 Å². The van der Waals surface area contributed by atoms with Crippen LogP contribution in [0.1, 0.15) is 12.5 Å². The smallest absolute Gasteiger partial charge is 0.207 e. The van der Waals surface area contributed by atoms with Crippen molar-refractivity contribution in [3.05, 3.63) is 29.8 Å². The van der Waals surface area contributed by atoms with Crippen molar-refractivity contribution in [2.24, 2.45) is 0 Å². The molecule has 0 fully saturated rings. The van der Waals surface area contributed by atoms with E-state index in [-0.39, 0.29) is 6.54 Å². The van der Waals surface area contributed by atoms with E-state index < -0.39 is 10.0 Å². The van der Waals surface area contributed by atoms with Crippen LogP contribution in [0.5, 0.6) is 0 Å². The molecule has 1 aromatic carbocycles. The van der Waals surface area contributed by atoms with E-state index in [9.17, 15) is 8.42 Å². The Bertz CT molecular complexity index is 500. The van der Waals surface area contributed by atoms with E-state index >= 15 is 0 Å². The predicted octanol–water partition coefficient (Wildman–Crippen LogP) is 1.64. The van der Waals surface area contributed by atoms with Crippen LogP contribution >= 0.6 is 0 Å². The van der Waals surface area contributed by atoms with Crippen LogP contribution in [0.25, 0.3) is 0 Å². The van der Waals surface area contributed by atoms with Crippen LogP contribution in [0.4, 0.5) is 0 Å². The van der Waals surface area contributed by atoms with Crippen LogP contribution in [0.2, 0.25) is 0 Å². The maximum atomic E-state index is 12.1. The van der Waals surface area contributed by atoms with E-state index in [2.05, 4.69) is 5.92 Å². The Kier molecular flexibility index (Phi) is 4.11. The molecule has 0 unspecified atom stereocenters. The summed E-state index contributed by atoms with van der Waals surface area (Å²) in [5.74, 6) is 2.36. The summed E-state index contributed by atoms with van der Waals surface area (Å²) in [6.45, 7) is 4.11. The molecule has 1 aromatic rings. The summed E-state index contributed by atoms with van der Waals surface area (Å²) in [6.07, 6.45) is 5.15. The minimum atomic E-state index is -3.44. The van der Waals surface area contributed by atoms with Gasteiger partial charge in [-0.25, -0.2) is 8.42 Å². The van der Waals surface area contributed by atoms with Crippen LogP contribution in [0.3, 0.4) is 0 Å². The highest BCUT2D eigenvalue weighted by Crippen LogP contribution is 2.16. The van der Waals surface area contributed by atoms with Gasteiger partial charge in [0.1, 0.15) is 0 Å². The summed E-state index contributed by atoms with van der Waals surface area (Å²) < 4.78 is 25.6. The van der Waals surface area contributed by atoms with Gasteiger partial charge in [0.25, 0.3) is 0 Å². The van der Waals surface area contributed by atoms with E-state index in [1.807, 2.05) is 13.0 Å².